The normalized spacial score (nSPS) is 16.4. The summed E-state index contributed by atoms with van der Waals surface area (Å²) >= 11 is 5.40. The number of likely N-dealkylation sites (N-methyl/N-ethyl adjacent to an activating group) is 1. The van der Waals surface area contributed by atoms with Crippen molar-refractivity contribution in [2.45, 2.75) is 6.10 Å². The molecule has 13 heavy (non-hydrogen) atoms. The quantitative estimate of drug-likeness (QED) is 0.307. The van der Waals surface area contributed by atoms with Gasteiger partial charge in [-0.05, 0) is 0 Å². The van der Waals surface area contributed by atoms with Crippen molar-refractivity contribution in [2.75, 3.05) is 46.7 Å². The third-order valence-corrected chi connectivity index (χ3v) is 1.54. The van der Waals surface area contributed by atoms with Gasteiger partial charge < -0.3 is 27.3 Å². The van der Waals surface area contributed by atoms with Crippen LogP contribution >= 0.6 is 11.6 Å². The van der Waals surface area contributed by atoms with Gasteiger partial charge in [-0.15, -0.1) is 11.6 Å². The maximum absolute atomic E-state index is 9.05. The number of nitrogens with zero attached hydrogens (tertiary/aromatic N) is 1. The molecule has 0 aromatic heterocycles. The number of rotatable bonds is 3. The average Bonchev–Trinajstić information content (AvgIpc) is 2.67. The zero-order chi connectivity index (χ0) is 9.61. The minimum Gasteiger partial charge on any atom is -1.00 e. The lowest BCUT2D eigenvalue weighted by Gasteiger charge is -2.25. The maximum Gasteiger partial charge on any atom is 0.116 e. The second kappa shape index (κ2) is 7.83. The van der Waals surface area contributed by atoms with Gasteiger partial charge in [-0.2, -0.15) is 0 Å². The molecule has 1 saturated heterocycles. The fourth-order valence-electron chi connectivity index (χ4n) is 0.681. The summed E-state index contributed by atoms with van der Waals surface area (Å²) in [6.45, 7) is 3.21. The predicted octanol–water partition coefficient (Wildman–Crippen LogP) is -3.11. The summed E-state index contributed by atoms with van der Waals surface area (Å²) in [6, 6.07) is 0. The molecule has 5 heteroatoms. The molecule has 0 aromatic carbocycles. The van der Waals surface area contributed by atoms with Crippen LogP contribution in [0.3, 0.4) is 0 Å². The van der Waals surface area contributed by atoms with Crippen molar-refractivity contribution in [1.82, 2.24) is 5.32 Å². The number of alkyl halides is 1. The molecular formula is C8H20Cl2N2O. The topological polar surface area (TPSA) is 42.2 Å². The van der Waals surface area contributed by atoms with Gasteiger partial charge in [0.2, 0.25) is 0 Å². The molecule has 3 nitrogen and oxygen atoms in total. The van der Waals surface area contributed by atoms with Crippen molar-refractivity contribution in [1.29, 1.82) is 0 Å². The SMILES string of the molecule is C1CN1.C[N+](C)(C)CC(O)CCl.[Cl-]. The molecule has 1 unspecified atom stereocenters. The molecule has 1 atom stereocenters. The third kappa shape index (κ3) is 19.0. The Morgan fingerprint density at radius 2 is 1.77 bits per heavy atom. The third-order valence-electron chi connectivity index (χ3n) is 1.19. The van der Waals surface area contributed by atoms with Gasteiger partial charge in [0.05, 0.1) is 27.0 Å². The van der Waals surface area contributed by atoms with Crippen LogP contribution in [0.1, 0.15) is 0 Å². The first kappa shape index (κ1) is 15.9. The van der Waals surface area contributed by atoms with E-state index in [1.807, 2.05) is 21.1 Å². The molecule has 0 bridgehead atoms. The van der Waals surface area contributed by atoms with E-state index in [0.717, 1.165) is 4.48 Å². The van der Waals surface area contributed by atoms with E-state index >= 15 is 0 Å². The van der Waals surface area contributed by atoms with Crippen molar-refractivity contribution in [3.05, 3.63) is 0 Å². The number of halogens is 2. The number of quaternary nitrogens is 1. The molecule has 0 aliphatic carbocycles. The molecule has 0 amide bonds. The first-order valence-corrected chi connectivity index (χ1v) is 4.74. The Morgan fingerprint density at radius 1 is 1.38 bits per heavy atom. The van der Waals surface area contributed by atoms with E-state index in [2.05, 4.69) is 5.32 Å². The fraction of sp³-hybridized carbons (Fsp3) is 1.00. The van der Waals surface area contributed by atoms with Gasteiger partial charge in [0, 0.05) is 13.1 Å². The lowest BCUT2D eigenvalue weighted by Crippen LogP contribution is -3.00. The van der Waals surface area contributed by atoms with Gasteiger partial charge >= 0.3 is 0 Å². The van der Waals surface area contributed by atoms with Crippen LogP contribution in [0, 0.1) is 0 Å². The number of hydrogen-bond acceptors (Lipinski definition) is 2. The molecule has 0 aromatic rings. The van der Waals surface area contributed by atoms with E-state index in [4.69, 9.17) is 16.7 Å². The van der Waals surface area contributed by atoms with Gasteiger partial charge in [0.1, 0.15) is 12.6 Å². The Labute approximate surface area is 92.1 Å². The highest BCUT2D eigenvalue weighted by Crippen LogP contribution is 1.95. The van der Waals surface area contributed by atoms with Gasteiger partial charge in [0.25, 0.3) is 0 Å². The number of aliphatic hydroxyl groups excluding tert-OH is 1. The molecule has 0 radical (unpaired) electrons. The fourth-order valence-corrected chi connectivity index (χ4v) is 0.779. The second-order valence-electron chi connectivity index (χ2n) is 4.03. The van der Waals surface area contributed by atoms with Crippen molar-refractivity contribution in [2.24, 2.45) is 0 Å². The summed E-state index contributed by atoms with van der Waals surface area (Å²) in [5.41, 5.74) is 0. The van der Waals surface area contributed by atoms with E-state index in [-0.39, 0.29) is 18.5 Å². The van der Waals surface area contributed by atoms with E-state index in [1.54, 1.807) is 0 Å². The smallest absolute Gasteiger partial charge is 0.116 e. The highest BCUT2D eigenvalue weighted by molar-refractivity contribution is 6.18. The van der Waals surface area contributed by atoms with Crippen LogP contribution in [0.5, 0.6) is 0 Å². The van der Waals surface area contributed by atoms with E-state index in [1.165, 1.54) is 13.1 Å². The van der Waals surface area contributed by atoms with E-state index in [9.17, 15) is 0 Å². The Morgan fingerprint density at radius 3 is 1.85 bits per heavy atom. The molecule has 2 N–H and O–H groups in total. The van der Waals surface area contributed by atoms with Crippen LogP contribution in [0.4, 0.5) is 0 Å². The summed E-state index contributed by atoms with van der Waals surface area (Å²) in [6.07, 6.45) is -0.369. The second-order valence-corrected chi connectivity index (χ2v) is 4.34. The monoisotopic (exact) mass is 230 g/mol. The number of hydrogen-bond donors (Lipinski definition) is 2. The number of nitrogens with one attached hydrogen (secondary N) is 1. The Bertz CT molecular complexity index is 112. The van der Waals surface area contributed by atoms with Crippen molar-refractivity contribution in [3.8, 4) is 0 Å². The number of aliphatic hydroxyl groups is 1. The minimum absolute atomic E-state index is 0. The Hall–Kier alpha value is 0.460. The summed E-state index contributed by atoms with van der Waals surface area (Å²) < 4.78 is 0.758. The average molecular weight is 231 g/mol. The zero-order valence-electron chi connectivity index (χ0n) is 8.56. The minimum atomic E-state index is -0.369. The maximum atomic E-state index is 9.05. The molecule has 1 aliphatic rings. The largest absolute Gasteiger partial charge is 1.00 e. The Balaban J connectivity index is 0. The first-order chi connectivity index (χ1) is 5.45. The summed E-state index contributed by atoms with van der Waals surface area (Å²) in [5.74, 6) is 0.329. The molecule has 82 valence electrons. The molecule has 1 heterocycles. The summed E-state index contributed by atoms with van der Waals surface area (Å²) in [5, 5.41) is 12.0. The molecular weight excluding hydrogens is 211 g/mol. The lowest BCUT2D eigenvalue weighted by atomic mass is 10.3. The van der Waals surface area contributed by atoms with E-state index < -0.39 is 0 Å². The molecule has 1 rings (SSSR count). The highest BCUT2D eigenvalue weighted by Gasteiger charge is 2.13. The van der Waals surface area contributed by atoms with Gasteiger partial charge in [-0.3, -0.25) is 0 Å². The predicted molar refractivity (Wildman–Crippen MR) is 52.5 cm³/mol. The summed E-state index contributed by atoms with van der Waals surface area (Å²) in [7, 11) is 6.07. The van der Waals surface area contributed by atoms with Crippen LogP contribution in [-0.2, 0) is 0 Å². The van der Waals surface area contributed by atoms with Crippen molar-refractivity contribution in [3.63, 3.8) is 0 Å². The van der Waals surface area contributed by atoms with Gasteiger partial charge in [0.15, 0.2) is 0 Å². The van der Waals surface area contributed by atoms with Crippen LogP contribution in [0.25, 0.3) is 0 Å². The first-order valence-electron chi connectivity index (χ1n) is 4.21. The highest BCUT2D eigenvalue weighted by atomic mass is 35.5. The molecule has 1 aliphatic heterocycles. The molecule has 0 spiro atoms. The van der Waals surface area contributed by atoms with Crippen molar-refractivity contribution >= 4 is 11.6 Å². The molecule has 0 saturated carbocycles. The summed E-state index contributed by atoms with van der Waals surface area (Å²) in [4.78, 5) is 0. The van der Waals surface area contributed by atoms with Crippen LogP contribution in [-0.4, -0.2) is 62.4 Å². The van der Waals surface area contributed by atoms with Crippen LogP contribution < -0.4 is 17.7 Å². The Kier molecular flexibility index (Phi) is 9.58. The van der Waals surface area contributed by atoms with E-state index in [0.29, 0.717) is 12.4 Å². The molecule has 1 fully saturated rings. The zero-order valence-corrected chi connectivity index (χ0v) is 10.1. The van der Waals surface area contributed by atoms with Crippen LogP contribution in [0.2, 0.25) is 0 Å². The standard InChI is InChI=1S/C6H15ClNO.C2H5N.ClH/c1-8(2,3)5-6(9)4-7;1-2-3-1;/h6,9H,4-5H2,1-3H3;3H,1-2H2;1H/q+1;;/p-1. The van der Waals surface area contributed by atoms with Crippen LogP contribution in [0.15, 0.2) is 0 Å². The van der Waals surface area contributed by atoms with Crippen molar-refractivity contribution < 1.29 is 22.0 Å². The van der Waals surface area contributed by atoms with Gasteiger partial charge in [-0.25, -0.2) is 0 Å². The van der Waals surface area contributed by atoms with Gasteiger partial charge in [-0.1, -0.05) is 0 Å². The lowest BCUT2D eigenvalue weighted by molar-refractivity contribution is -0.873.